The van der Waals surface area contributed by atoms with E-state index in [-0.39, 0.29) is 25.2 Å². The molecule has 0 aliphatic rings. The predicted octanol–water partition coefficient (Wildman–Crippen LogP) is 13.7. The third-order valence-electron chi connectivity index (χ3n) is 8.85. The van der Waals surface area contributed by atoms with E-state index in [0.29, 0.717) is 19.4 Å². The van der Waals surface area contributed by atoms with Gasteiger partial charge in [0.25, 0.3) is 0 Å². The minimum absolute atomic E-state index is 0.0764. The molecule has 0 saturated carbocycles. The highest BCUT2D eigenvalue weighted by Gasteiger charge is 2.17. The minimum atomic E-state index is -0.539. The van der Waals surface area contributed by atoms with Gasteiger partial charge in [0, 0.05) is 19.4 Å². The molecule has 1 atom stereocenters. The van der Waals surface area contributed by atoms with E-state index in [2.05, 4.69) is 69.4 Å². The van der Waals surface area contributed by atoms with E-state index in [0.717, 1.165) is 77.0 Å². The predicted molar refractivity (Wildman–Crippen MR) is 215 cm³/mol. The van der Waals surface area contributed by atoms with Gasteiger partial charge in [-0.05, 0) is 70.6 Å². The van der Waals surface area contributed by atoms with Crippen LogP contribution < -0.4 is 0 Å². The second kappa shape index (κ2) is 41.3. The van der Waals surface area contributed by atoms with Crippen LogP contribution in [-0.4, -0.2) is 37.9 Å². The van der Waals surface area contributed by atoms with Gasteiger partial charge in [-0.15, -0.1) is 0 Å². The molecule has 0 fully saturated rings. The second-order valence-corrected chi connectivity index (χ2v) is 13.9. The monoisotopic (exact) mass is 701 g/mol. The molecule has 290 valence electrons. The Morgan fingerprint density at radius 2 is 0.920 bits per heavy atom. The highest BCUT2D eigenvalue weighted by molar-refractivity contribution is 5.70. The summed E-state index contributed by atoms with van der Waals surface area (Å²) < 4.78 is 17.2. The molecular formula is C45H80O5. The lowest BCUT2D eigenvalue weighted by molar-refractivity contribution is -0.163. The topological polar surface area (TPSA) is 61.8 Å². The lowest BCUT2D eigenvalue weighted by Crippen LogP contribution is -2.30. The summed E-state index contributed by atoms with van der Waals surface area (Å²) in [5, 5.41) is 0. The number of hydrogen-bond donors (Lipinski definition) is 0. The molecule has 0 amide bonds. The van der Waals surface area contributed by atoms with Crippen molar-refractivity contribution < 1.29 is 23.8 Å². The highest BCUT2D eigenvalue weighted by Crippen LogP contribution is 2.12. The summed E-state index contributed by atoms with van der Waals surface area (Å²) in [6.45, 7) is 7.60. The van der Waals surface area contributed by atoms with Crippen LogP contribution in [-0.2, 0) is 23.8 Å². The summed E-state index contributed by atoms with van der Waals surface area (Å²) in [5.74, 6) is -0.422. The van der Waals surface area contributed by atoms with Crippen LogP contribution in [0.25, 0.3) is 0 Å². The molecule has 0 N–H and O–H groups in total. The van der Waals surface area contributed by atoms with Crippen molar-refractivity contribution in [2.24, 2.45) is 0 Å². The van der Waals surface area contributed by atoms with E-state index in [1.807, 2.05) is 0 Å². The molecule has 1 unspecified atom stereocenters. The van der Waals surface area contributed by atoms with Crippen molar-refractivity contribution in [3.8, 4) is 0 Å². The van der Waals surface area contributed by atoms with Crippen molar-refractivity contribution in [3.05, 3.63) is 48.6 Å². The third-order valence-corrected chi connectivity index (χ3v) is 8.85. The molecule has 0 aliphatic heterocycles. The molecule has 0 aromatic rings. The summed E-state index contributed by atoms with van der Waals surface area (Å²) >= 11 is 0. The first-order valence-electron chi connectivity index (χ1n) is 21.2. The van der Waals surface area contributed by atoms with Gasteiger partial charge in [-0.1, -0.05) is 166 Å². The maximum absolute atomic E-state index is 12.6. The Bertz CT molecular complexity index is 842. The van der Waals surface area contributed by atoms with Gasteiger partial charge in [0.1, 0.15) is 6.61 Å². The fraction of sp³-hybridized carbons (Fsp3) is 0.778. The van der Waals surface area contributed by atoms with Gasteiger partial charge in [-0.3, -0.25) is 9.59 Å². The van der Waals surface area contributed by atoms with Crippen molar-refractivity contribution in [2.75, 3.05) is 19.8 Å². The number of unbranched alkanes of at least 4 members (excludes halogenated alkanes) is 19. The number of ether oxygens (including phenoxy) is 3. The Balaban J connectivity index is 4.19. The van der Waals surface area contributed by atoms with Crippen molar-refractivity contribution in [1.29, 1.82) is 0 Å². The van der Waals surface area contributed by atoms with Crippen LogP contribution >= 0.6 is 0 Å². The van der Waals surface area contributed by atoms with Gasteiger partial charge in [0.05, 0.1) is 6.61 Å². The molecule has 0 saturated heterocycles. The molecule has 0 aromatic carbocycles. The Labute approximate surface area is 310 Å². The zero-order chi connectivity index (χ0) is 36.4. The van der Waals surface area contributed by atoms with Crippen molar-refractivity contribution in [2.45, 2.75) is 207 Å². The van der Waals surface area contributed by atoms with Crippen LogP contribution in [0.5, 0.6) is 0 Å². The summed E-state index contributed by atoms with van der Waals surface area (Å²) in [7, 11) is 0. The smallest absolute Gasteiger partial charge is 0.306 e. The summed E-state index contributed by atoms with van der Waals surface area (Å²) in [6.07, 6.45) is 48.3. The van der Waals surface area contributed by atoms with Gasteiger partial charge in [-0.25, -0.2) is 0 Å². The molecule has 0 aliphatic carbocycles. The maximum Gasteiger partial charge on any atom is 0.306 e. The van der Waals surface area contributed by atoms with E-state index < -0.39 is 6.10 Å². The van der Waals surface area contributed by atoms with E-state index in [4.69, 9.17) is 14.2 Å². The second-order valence-electron chi connectivity index (χ2n) is 13.9. The van der Waals surface area contributed by atoms with E-state index in [1.165, 1.54) is 89.9 Å². The summed E-state index contributed by atoms with van der Waals surface area (Å²) in [5.41, 5.74) is 0. The van der Waals surface area contributed by atoms with Crippen LogP contribution in [0, 0.1) is 0 Å². The number of carbonyl (C=O) groups excluding carboxylic acids is 2. The van der Waals surface area contributed by atoms with Crippen LogP contribution in [0.2, 0.25) is 0 Å². The van der Waals surface area contributed by atoms with Gasteiger partial charge in [-0.2, -0.15) is 0 Å². The SMILES string of the molecule is CC/C=C\C/C=C\C/C=C\CCCCCCCCOCC(COC(=O)CCCCCCC/C=C\CCCC)OC(=O)CCCCCCCCC. The molecule has 0 heterocycles. The number of allylic oxidation sites excluding steroid dienone is 8. The van der Waals surface area contributed by atoms with Crippen LogP contribution in [0.3, 0.4) is 0 Å². The van der Waals surface area contributed by atoms with Gasteiger partial charge in [0.2, 0.25) is 0 Å². The lowest BCUT2D eigenvalue weighted by Gasteiger charge is -2.18. The van der Waals surface area contributed by atoms with E-state index >= 15 is 0 Å². The Morgan fingerprint density at radius 1 is 0.460 bits per heavy atom. The van der Waals surface area contributed by atoms with Crippen molar-refractivity contribution >= 4 is 11.9 Å². The number of rotatable bonds is 38. The van der Waals surface area contributed by atoms with Gasteiger partial charge < -0.3 is 14.2 Å². The third kappa shape index (κ3) is 38.7. The normalized spacial score (nSPS) is 12.6. The van der Waals surface area contributed by atoms with Gasteiger partial charge >= 0.3 is 11.9 Å². The fourth-order valence-corrected chi connectivity index (χ4v) is 5.68. The van der Waals surface area contributed by atoms with Crippen LogP contribution in [0.4, 0.5) is 0 Å². The zero-order valence-electron chi connectivity index (χ0n) is 33.2. The van der Waals surface area contributed by atoms with E-state index in [9.17, 15) is 9.59 Å². The number of carbonyl (C=O) groups is 2. The largest absolute Gasteiger partial charge is 0.462 e. The van der Waals surface area contributed by atoms with Crippen molar-refractivity contribution in [1.82, 2.24) is 0 Å². The average molecular weight is 701 g/mol. The van der Waals surface area contributed by atoms with Crippen LogP contribution in [0.1, 0.15) is 201 Å². The fourth-order valence-electron chi connectivity index (χ4n) is 5.68. The Hall–Kier alpha value is -2.14. The first-order valence-corrected chi connectivity index (χ1v) is 21.2. The Kier molecular flexibility index (Phi) is 39.5. The standard InChI is InChI=1S/C45H80O5/c1-4-7-10-13-16-18-20-21-22-23-24-26-28-31-34-37-40-48-41-43(50-45(47)39-36-33-29-15-12-9-6-3)42-49-44(46)38-35-32-30-27-25-19-17-14-11-8-5-2/h7,10,14,16-18,21-22,43H,4-6,8-9,11-13,15,19-20,23-42H2,1-3H3/b10-7-,17-14-,18-16-,22-21-. The molecular weight excluding hydrogens is 620 g/mol. The minimum Gasteiger partial charge on any atom is -0.462 e. The molecule has 5 heteroatoms. The van der Waals surface area contributed by atoms with E-state index in [1.54, 1.807) is 0 Å². The Morgan fingerprint density at radius 3 is 1.52 bits per heavy atom. The molecule has 5 nitrogen and oxygen atoms in total. The molecule has 0 radical (unpaired) electrons. The lowest BCUT2D eigenvalue weighted by atomic mass is 10.1. The highest BCUT2D eigenvalue weighted by atomic mass is 16.6. The quantitative estimate of drug-likeness (QED) is 0.0364. The van der Waals surface area contributed by atoms with Crippen molar-refractivity contribution in [3.63, 3.8) is 0 Å². The molecule has 0 rings (SSSR count). The number of esters is 2. The molecule has 0 aromatic heterocycles. The molecule has 0 bridgehead atoms. The molecule has 50 heavy (non-hydrogen) atoms. The summed E-state index contributed by atoms with van der Waals surface area (Å²) in [4.78, 5) is 25.0. The first-order chi connectivity index (χ1) is 24.6. The summed E-state index contributed by atoms with van der Waals surface area (Å²) in [6, 6.07) is 0. The molecule has 0 spiro atoms. The average Bonchev–Trinajstić information content (AvgIpc) is 3.11. The maximum atomic E-state index is 12.6. The first kappa shape index (κ1) is 47.9. The number of hydrogen-bond acceptors (Lipinski definition) is 5. The van der Waals surface area contributed by atoms with Gasteiger partial charge in [0.15, 0.2) is 6.10 Å². The zero-order valence-corrected chi connectivity index (χ0v) is 33.2. The van der Waals surface area contributed by atoms with Crippen LogP contribution in [0.15, 0.2) is 48.6 Å².